The third kappa shape index (κ3) is 6.46. The van der Waals surface area contributed by atoms with Gasteiger partial charge < -0.3 is 25.2 Å². The molecule has 30 heavy (non-hydrogen) atoms. The van der Waals surface area contributed by atoms with E-state index in [0.29, 0.717) is 50.2 Å². The molecular weight excluding hydrogens is 388 g/mol. The second kappa shape index (κ2) is 9.59. The fourth-order valence-electron chi connectivity index (χ4n) is 2.68. The van der Waals surface area contributed by atoms with Gasteiger partial charge >= 0.3 is 6.01 Å². The number of rotatable bonds is 8. The van der Waals surface area contributed by atoms with Gasteiger partial charge in [-0.3, -0.25) is 9.79 Å². The van der Waals surface area contributed by atoms with Crippen molar-refractivity contribution in [1.82, 2.24) is 15.0 Å². The molecule has 10 nitrogen and oxygen atoms in total. The number of aliphatic imine (C=N–C) groups is 1. The summed E-state index contributed by atoms with van der Waals surface area (Å²) < 4.78 is 10.9. The number of amides is 1. The normalized spacial score (nSPS) is 14.8. The number of morpholine rings is 1. The van der Waals surface area contributed by atoms with Crippen LogP contribution in [0, 0.1) is 0 Å². The van der Waals surface area contributed by atoms with Gasteiger partial charge in [0.15, 0.2) is 5.82 Å². The number of anilines is 1. The van der Waals surface area contributed by atoms with Gasteiger partial charge in [0.05, 0.1) is 31.6 Å². The van der Waals surface area contributed by atoms with Crippen LogP contribution in [0.15, 0.2) is 29.3 Å². The van der Waals surface area contributed by atoms with Crippen LogP contribution in [-0.2, 0) is 11.3 Å². The summed E-state index contributed by atoms with van der Waals surface area (Å²) >= 11 is 0. The number of hydrogen-bond acceptors (Lipinski definition) is 9. The van der Waals surface area contributed by atoms with Crippen molar-refractivity contribution >= 4 is 18.1 Å². The summed E-state index contributed by atoms with van der Waals surface area (Å²) in [6, 6.07) is 7.08. The lowest BCUT2D eigenvalue weighted by molar-refractivity contribution is 0.0249. The topological polar surface area (TPSA) is 136 Å². The number of primary amides is 1. The average molecular weight is 414 g/mol. The molecule has 0 radical (unpaired) electrons. The molecule has 0 unspecified atom stereocenters. The highest BCUT2D eigenvalue weighted by Gasteiger charge is 2.19. The maximum atomic E-state index is 11.3. The van der Waals surface area contributed by atoms with E-state index in [9.17, 15) is 9.90 Å². The van der Waals surface area contributed by atoms with Crippen molar-refractivity contribution in [3.63, 3.8) is 0 Å². The molecule has 3 N–H and O–H groups in total. The van der Waals surface area contributed by atoms with Gasteiger partial charge in [0.1, 0.15) is 6.61 Å². The predicted octanol–water partition coefficient (Wildman–Crippen LogP) is 0.576. The molecule has 1 amide bonds. The first-order chi connectivity index (χ1) is 14.3. The van der Waals surface area contributed by atoms with E-state index in [1.807, 2.05) is 11.0 Å². The van der Waals surface area contributed by atoms with Gasteiger partial charge in [-0.05, 0) is 31.5 Å². The Balaban J connectivity index is 1.78. The molecule has 0 bridgehead atoms. The SMILES string of the molecule is CC(C)(O)COc1nc(C=NCc2cccc(C(N)=O)c2)nc(N2CCOCC2)n1. The lowest BCUT2D eigenvalue weighted by atomic mass is 10.1. The summed E-state index contributed by atoms with van der Waals surface area (Å²) in [5.41, 5.74) is 5.56. The first-order valence-corrected chi connectivity index (χ1v) is 9.63. The molecule has 2 aromatic rings. The minimum atomic E-state index is -1.02. The van der Waals surface area contributed by atoms with Crippen LogP contribution in [0.5, 0.6) is 6.01 Å². The minimum absolute atomic E-state index is 0.0378. The molecule has 1 aromatic heterocycles. The molecule has 3 rings (SSSR count). The molecular formula is C20H26N6O4. The number of carbonyl (C=O) groups is 1. The Morgan fingerprint density at radius 1 is 1.33 bits per heavy atom. The van der Waals surface area contributed by atoms with Crippen LogP contribution in [0.25, 0.3) is 0 Å². The van der Waals surface area contributed by atoms with Crippen LogP contribution in [-0.4, -0.2) is 70.7 Å². The van der Waals surface area contributed by atoms with Crippen LogP contribution in [0.3, 0.4) is 0 Å². The molecule has 1 aliphatic rings. The van der Waals surface area contributed by atoms with E-state index in [0.717, 1.165) is 5.56 Å². The number of nitrogens with zero attached hydrogens (tertiary/aromatic N) is 5. The van der Waals surface area contributed by atoms with Crippen LogP contribution in [0.2, 0.25) is 0 Å². The maximum absolute atomic E-state index is 11.3. The summed E-state index contributed by atoms with van der Waals surface area (Å²) in [6.07, 6.45) is 1.53. The first kappa shape index (κ1) is 21.6. The van der Waals surface area contributed by atoms with Crippen LogP contribution >= 0.6 is 0 Å². The van der Waals surface area contributed by atoms with Crippen LogP contribution in [0.4, 0.5) is 5.95 Å². The van der Waals surface area contributed by atoms with Gasteiger partial charge in [-0.2, -0.15) is 15.0 Å². The Labute approximate surface area is 174 Å². The van der Waals surface area contributed by atoms with E-state index in [-0.39, 0.29) is 12.6 Å². The Hall–Kier alpha value is -3.11. The standard InChI is InChI=1S/C20H26N6O4/c1-20(2,28)13-30-19-24-16(23-18(25-19)26-6-8-29-9-7-26)12-22-11-14-4-3-5-15(10-14)17(21)27/h3-5,10,12,28H,6-9,11,13H2,1-2H3,(H2,21,27). The number of hydrogen-bond donors (Lipinski definition) is 2. The number of ether oxygens (including phenoxy) is 2. The molecule has 2 heterocycles. The van der Waals surface area contributed by atoms with Crippen LogP contribution < -0.4 is 15.4 Å². The highest BCUT2D eigenvalue weighted by atomic mass is 16.5. The summed E-state index contributed by atoms with van der Waals surface area (Å²) in [4.78, 5) is 30.8. The Bertz CT molecular complexity index is 906. The Morgan fingerprint density at radius 3 is 2.80 bits per heavy atom. The van der Waals surface area contributed by atoms with Crippen molar-refractivity contribution in [2.45, 2.75) is 26.0 Å². The fourth-order valence-corrected chi connectivity index (χ4v) is 2.68. The van der Waals surface area contributed by atoms with E-state index in [4.69, 9.17) is 15.2 Å². The van der Waals surface area contributed by atoms with E-state index < -0.39 is 11.5 Å². The largest absolute Gasteiger partial charge is 0.460 e. The smallest absolute Gasteiger partial charge is 0.321 e. The number of nitrogens with two attached hydrogens (primary N) is 1. The number of benzene rings is 1. The van der Waals surface area contributed by atoms with Crippen molar-refractivity contribution in [2.75, 3.05) is 37.8 Å². The van der Waals surface area contributed by atoms with Crippen molar-refractivity contribution in [3.8, 4) is 6.01 Å². The third-order valence-electron chi connectivity index (χ3n) is 4.16. The Kier molecular flexibility index (Phi) is 6.91. The molecule has 10 heteroatoms. The Morgan fingerprint density at radius 2 is 2.10 bits per heavy atom. The van der Waals surface area contributed by atoms with Gasteiger partial charge in [-0.1, -0.05) is 12.1 Å². The van der Waals surface area contributed by atoms with Gasteiger partial charge in [-0.25, -0.2) is 0 Å². The van der Waals surface area contributed by atoms with E-state index >= 15 is 0 Å². The van der Waals surface area contributed by atoms with Crippen molar-refractivity contribution in [3.05, 3.63) is 41.2 Å². The summed E-state index contributed by atoms with van der Waals surface area (Å²) in [5, 5.41) is 9.91. The molecule has 1 saturated heterocycles. The fraction of sp³-hybridized carbons (Fsp3) is 0.450. The first-order valence-electron chi connectivity index (χ1n) is 9.63. The van der Waals surface area contributed by atoms with E-state index in [1.54, 1.807) is 32.0 Å². The van der Waals surface area contributed by atoms with Gasteiger partial charge in [0.25, 0.3) is 0 Å². The molecule has 0 atom stereocenters. The van der Waals surface area contributed by atoms with Crippen molar-refractivity contribution in [1.29, 1.82) is 0 Å². The lowest BCUT2D eigenvalue weighted by Crippen LogP contribution is -2.37. The molecule has 1 aromatic carbocycles. The minimum Gasteiger partial charge on any atom is -0.460 e. The summed E-state index contributed by atoms with van der Waals surface area (Å²) in [6.45, 7) is 6.14. The third-order valence-corrected chi connectivity index (χ3v) is 4.16. The second-order valence-corrected chi connectivity index (χ2v) is 7.51. The molecule has 0 spiro atoms. The predicted molar refractivity (Wildman–Crippen MR) is 111 cm³/mol. The monoisotopic (exact) mass is 414 g/mol. The van der Waals surface area contributed by atoms with Crippen molar-refractivity contribution < 1.29 is 19.4 Å². The zero-order chi connectivity index (χ0) is 21.6. The maximum Gasteiger partial charge on any atom is 0.321 e. The number of aliphatic hydroxyl groups is 1. The molecule has 160 valence electrons. The number of carbonyl (C=O) groups excluding carboxylic acids is 1. The van der Waals surface area contributed by atoms with Crippen molar-refractivity contribution in [2.24, 2.45) is 10.7 Å². The highest BCUT2D eigenvalue weighted by molar-refractivity contribution is 5.92. The molecule has 1 aliphatic heterocycles. The zero-order valence-electron chi connectivity index (χ0n) is 17.1. The highest BCUT2D eigenvalue weighted by Crippen LogP contribution is 2.15. The summed E-state index contributed by atoms with van der Waals surface area (Å²) in [7, 11) is 0. The van der Waals surface area contributed by atoms with Gasteiger partial charge in [0.2, 0.25) is 11.9 Å². The van der Waals surface area contributed by atoms with E-state index in [1.165, 1.54) is 6.21 Å². The number of aromatic nitrogens is 3. The van der Waals surface area contributed by atoms with Gasteiger partial charge in [-0.15, -0.1) is 0 Å². The average Bonchev–Trinajstić information content (AvgIpc) is 2.72. The van der Waals surface area contributed by atoms with E-state index in [2.05, 4.69) is 19.9 Å². The quantitative estimate of drug-likeness (QED) is 0.599. The van der Waals surface area contributed by atoms with Gasteiger partial charge in [0, 0.05) is 18.7 Å². The molecule has 0 saturated carbocycles. The van der Waals surface area contributed by atoms with Crippen LogP contribution in [0.1, 0.15) is 35.6 Å². The lowest BCUT2D eigenvalue weighted by Gasteiger charge is -2.27. The second-order valence-electron chi connectivity index (χ2n) is 7.51. The summed E-state index contributed by atoms with van der Waals surface area (Å²) in [5.74, 6) is 0.321. The molecule has 0 aliphatic carbocycles. The zero-order valence-corrected chi connectivity index (χ0v) is 17.1. The molecule has 1 fully saturated rings.